The summed E-state index contributed by atoms with van der Waals surface area (Å²) in [5.74, 6) is -0.0739. The van der Waals surface area contributed by atoms with E-state index < -0.39 is 18.2 Å². The van der Waals surface area contributed by atoms with Crippen LogP contribution >= 0.6 is 0 Å². The summed E-state index contributed by atoms with van der Waals surface area (Å²) in [6.45, 7) is 4.53. The standard InChI is InChI=1S/C15H19N5O2/c1-8-4-5-9(2)10(6-8)7-20-11-12(17-14(20)16)19(3)15(22)18-13(11)21/h4-6,11-12H,7H2,1-3H3,(H2,16,17)(H,18,21,22). The fourth-order valence-electron chi connectivity index (χ4n) is 2.88. The number of fused-ring (bicyclic) bond motifs is 1. The van der Waals surface area contributed by atoms with Crippen molar-refractivity contribution in [3.63, 3.8) is 0 Å². The van der Waals surface area contributed by atoms with E-state index in [1.807, 2.05) is 26.0 Å². The molecule has 0 aromatic heterocycles. The maximum atomic E-state index is 12.2. The van der Waals surface area contributed by atoms with E-state index >= 15 is 0 Å². The molecule has 7 heteroatoms. The van der Waals surface area contributed by atoms with Crippen LogP contribution in [0.4, 0.5) is 4.79 Å². The van der Waals surface area contributed by atoms with Gasteiger partial charge in [-0.15, -0.1) is 0 Å². The molecule has 3 rings (SSSR count). The van der Waals surface area contributed by atoms with Crippen molar-refractivity contribution in [3.8, 4) is 0 Å². The highest BCUT2D eigenvalue weighted by Crippen LogP contribution is 2.25. The van der Waals surface area contributed by atoms with Gasteiger partial charge in [0.1, 0.15) is 0 Å². The van der Waals surface area contributed by atoms with E-state index in [2.05, 4.69) is 16.4 Å². The first kappa shape index (κ1) is 14.4. The molecular formula is C15H19N5O2. The third-order valence-electron chi connectivity index (χ3n) is 4.24. The third-order valence-corrected chi connectivity index (χ3v) is 4.24. The zero-order valence-corrected chi connectivity index (χ0v) is 12.8. The molecular weight excluding hydrogens is 282 g/mol. The molecule has 3 N–H and O–H groups in total. The van der Waals surface area contributed by atoms with E-state index in [1.165, 1.54) is 4.90 Å². The summed E-state index contributed by atoms with van der Waals surface area (Å²) >= 11 is 0. The molecule has 116 valence electrons. The van der Waals surface area contributed by atoms with Crippen molar-refractivity contribution in [3.05, 3.63) is 34.9 Å². The molecule has 0 spiro atoms. The van der Waals surface area contributed by atoms with Crippen LogP contribution in [0.5, 0.6) is 0 Å². The number of carbonyl (C=O) groups is 2. The number of likely N-dealkylation sites (N-methyl/N-ethyl adjacent to an activating group) is 1. The number of rotatable bonds is 2. The Bertz CT molecular complexity index is 685. The van der Waals surface area contributed by atoms with Crippen LogP contribution in [0.15, 0.2) is 23.2 Å². The highest BCUT2D eigenvalue weighted by Gasteiger charge is 2.47. The molecule has 0 saturated carbocycles. The molecule has 1 aromatic carbocycles. The molecule has 0 radical (unpaired) electrons. The average molecular weight is 301 g/mol. The second kappa shape index (κ2) is 5.01. The smallest absolute Gasteiger partial charge is 0.325 e. The molecule has 1 aromatic rings. The number of nitrogens with one attached hydrogen (secondary N) is 1. The predicted octanol–water partition coefficient (Wildman–Crippen LogP) is 0.310. The molecule has 2 heterocycles. The van der Waals surface area contributed by atoms with Gasteiger partial charge in [-0.1, -0.05) is 23.8 Å². The summed E-state index contributed by atoms with van der Waals surface area (Å²) in [5.41, 5.74) is 9.36. The first-order chi connectivity index (χ1) is 10.4. The minimum atomic E-state index is -0.581. The number of guanidine groups is 1. The Morgan fingerprint density at radius 3 is 2.77 bits per heavy atom. The van der Waals surface area contributed by atoms with E-state index in [9.17, 15) is 9.59 Å². The van der Waals surface area contributed by atoms with E-state index in [1.54, 1.807) is 11.9 Å². The molecule has 2 aliphatic rings. The first-order valence-corrected chi connectivity index (χ1v) is 7.12. The molecule has 3 amide bonds. The van der Waals surface area contributed by atoms with Crippen LogP contribution in [0.3, 0.4) is 0 Å². The zero-order chi connectivity index (χ0) is 16.0. The molecule has 22 heavy (non-hydrogen) atoms. The van der Waals surface area contributed by atoms with Crippen LogP contribution < -0.4 is 11.1 Å². The summed E-state index contributed by atoms with van der Waals surface area (Å²) in [5, 5.41) is 2.34. The van der Waals surface area contributed by atoms with Gasteiger partial charge >= 0.3 is 6.03 Å². The van der Waals surface area contributed by atoms with Crippen molar-refractivity contribution in [1.82, 2.24) is 15.1 Å². The Labute approximate surface area is 128 Å². The lowest BCUT2D eigenvalue weighted by molar-refractivity contribution is -0.127. The fraction of sp³-hybridized carbons (Fsp3) is 0.400. The predicted molar refractivity (Wildman–Crippen MR) is 82.0 cm³/mol. The van der Waals surface area contributed by atoms with Crippen LogP contribution in [0, 0.1) is 13.8 Å². The second-order valence-corrected chi connectivity index (χ2v) is 5.81. The normalized spacial score (nSPS) is 24.2. The zero-order valence-electron chi connectivity index (χ0n) is 12.8. The van der Waals surface area contributed by atoms with Crippen molar-refractivity contribution >= 4 is 17.9 Å². The topological polar surface area (TPSA) is 91.0 Å². The van der Waals surface area contributed by atoms with Gasteiger partial charge in [0.15, 0.2) is 18.2 Å². The van der Waals surface area contributed by atoms with Crippen molar-refractivity contribution in [2.45, 2.75) is 32.6 Å². The minimum absolute atomic E-state index is 0.285. The highest BCUT2D eigenvalue weighted by atomic mass is 16.2. The number of aliphatic imine (C=N–C) groups is 1. The van der Waals surface area contributed by atoms with Crippen LogP contribution in [0.2, 0.25) is 0 Å². The lowest BCUT2D eigenvalue weighted by Crippen LogP contribution is -2.63. The average Bonchev–Trinajstić information content (AvgIpc) is 2.78. The van der Waals surface area contributed by atoms with Gasteiger partial charge in [-0.05, 0) is 25.0 Å². The number of hydrogen-bond donors (Lipinski definition) is 2. The van der Waals surface area contributed by atoms with Crippen molar-refractivity contribution in [2.24, 2.45) is 10.7 Å². The number of nitrogens with two attached hydrogens (primary N) is 1. The number of aryl methyl sites for hydroxylation is 2. The molecule has 0 aliphatic carbocycles. The Morgan fingerprint density at radius 2 is 2.05 bits per heavy atom. The van der Waals surface area contributed by atoms with Gasteiger partial charge in [0.2, 0.25) is 0 Å². The first-order valence-electron chi connectivity index (χ1n) is 7.12. The largest absolute Gasteiger partial charge is 0.370 e. The summed E-state index contributed by atoms with van der Waals surface area (Å²) in [6, 6.07) is 5.13. The Hall–Kier alpha value is -2.57. The molecule has 0 bridgehead atoms. The Kier molecular flexibility index (Phi) is 3.27. The summed E-state index contributed by atoms with van der Waals surface area (Å²) in [7, 11) is 1.61. The van der Waals surface area contributed by atoms with Crippen molar-refractivity contribution in [2.75, 3.05) is 7.05 Å². The van der Waals surface area contributed by atoms with Crippen LogP contribution in [-0.4, -0.2) is 47.0 Å². The molecule has 2 unspecified atom stereocenters. The molecule has 1 saturated heterocycles. The number of nitrogens with zero attached hydrogens (tertiary/aromatic N) is 3. The third kappa shape index (κ3) is 2.18. The van der Waals surface area contributed by atoms with Gasteiger partial charge in [0, 0.05) is 13.6 Å². The van der Waals surface area contributed by atoms with E-state index in [-0.39, 0.29) is 11.9 Å². The van der Waals surface area contributed by atoms with E-state index in [0.29, 0.717) is 6.54 Å². The maximum absolute atomic E-state index is 12.2. The molecule has 7 nitrogen and oxygen atoms in total. The maximum Gasteiger partial charge on any atom is 0.325 e. The Balaban J connectivity index is 1.91. The fourth-order valence-corrected chi connectivity index (χ4v) is 2.88. The van der Waals surface area contributed by atoms with Gasteiger partial charge in [0.25, 0.3) is 5.91 Å². The van der Waals surface area contributed by atoms with Crippen LogP contribution in [-0.2, 0) is 11.3 Å². The monoisotopic (exact) mass is 301 g/mol. The summed E-state index contributed by atoms with van der Waals surface area (Å²) in [6.07, 6.45) is -0.564. The number of benzene rings is 1. The lowest BCUT2D eigenvalue weighted by atomic mass is 10.0. The lowest BCUT2D eigenvalue weighted by Gasteiger charge is -2.36. The molecule has 2 atom stereocenters. The van der Waals surface area contributed by atoms with E-state index in [4.69, 9.17) is 5.73 Å². The number of urea groups is 1. The highest BCUT2D eigenvalue weighted by molar-refractivity contribution is 6.03. The van der Waals surface area contributed by atoms with Crippen molar-refractivity contribution in [1.29, 1.82) is 0 Å². The molecule has 1 fully saturated rings. The van der Waals surface area contributed by atoms with Gasteiger partial charge in [0.05, 0.1) is 0 Å². The SMILES string of the molecule is Cc1ccc(C)c(CN2C(N)=NC3C2C(=O)NC(=O)N3C)c1. The quantitative estimate of drug-likeness (QED) is 0.822. The van der Waals surface area contributed by atoms with Gasteiger partial charge in [-0.25, -0.2) is 9.79 Å². The minimum Gasteiger partial charge on any atom is -0.370 e. The summed E-state index contributed by atoms with van der Waals surface area (Å²) < 4.78 is 0. The Morgan fingerprint density at radius 1 is 1.32 bits per heavy atom. The summed E-state index contributed by atoms with van der Waals surface area (Å²) in [4.78, 5) is 31.3. The van der Waals surface area contributed by atoms with Gasteiger partial charge < -0.3 is 15.5 Å². The van der Waals surface area contributed by atoms with Crippen LogP contribution in [0.1, 0.15) is 16.7 Å². The number of hydrogen-bond acceptors (Lipinski definition) is 5. The van der Waals surface area contributed by atoms with Crippen molar-refractivity contribution < 1.29 is 9.59 Å². The number of amides is 3. The number of carbonyl (C=O) groups excluding carboxylic acids is 2. The van der Waals surface area contributed by atoms with Gasteiger partial charge in [-0.2, -0.15) is 0 Å². The molecule has 2 aliphatic heterocycles. The number of imide groups is 1. The van der Waals surface area contributed by atoms with Crippen LogP contribution in [0.25, 0.3) is 0 Å². The second-order valence-electron chi connectivity index (χ2n) is 5.81. The van der Waals surface area contributed by atoms with E-state index in [0.717, 1.165) is 16.7 Å². The van der Waals surface area contributed by atoms with Gasteiger partial charge in [-0.3, -0.25) is 10.1 Å².